The van der Waals surface area contributed by atoms with Crippen LogP contribution in [0.15, 0.2) is 28.8 Å². The molecule has 0 aliphatic heterocycles. The summed E-state index contributed by atoms with van der Waals surface area (Å²) >= 11 is 11.9. The molecule has 2 aromatic rings. The normalized spacial score (nSPS) is 10.4. The number of para-hydroxylation sites is 1. The van der Waals surface area contributed by atoms with Gasteiger partial charge in [-0.1, -0.05) is 41.3 Å². The summed E-state index contributed by atoms with van der Waals surface area (Å²) in [6, 6.07) is 6.57. The van der Waals surface area contributed by atoms with Crippen molar-refractivity contribution in [1.82, 2.24) is 5.16 Å². The average molecular weight is 285 g/mol. The van der Waals surface area contributed by atoms with Gasteiger partial charge >= 0.3 is 0 Å². The van der Waals surface area contributed by atoms with Crippen molar-refractivity contribution in [3.63, 3.8) is 0 Å². The summed E-state index contributed by atoms with van der Waals surface area (Å²) in [6.45, 7) is 1.91. The van der Waals surface area contributed by atoms with Gasteiger partial charge in [-0.25, -0.2) is 0 Å². The number of amides is 1. The fourth-order valence-electron chi connectivity index (χ4n) is 1.38. The first-order valence-corrected chi connectivity index (χ1v) is 6.08. The van der Waals surface area contributed by atoms with Gasteiger partial charge in [0.15, 0.2) is 5.69 Å². The lowest BCUT2D eigenvalue weighted by molar-refractivity contribution is 0.101. The van der Waals surface area contributed by atoms with Gasteiger partial charge in [0.1, 0.15) is 5.76 Å². The van der Waals surface area contributed by atoms with Crippen molar-refractivity contribution in [2.24, 2.45) is 0 Å². The predicted octanol–water partition coefficient (Wildman–Crippen LogP) is 3.80. The smallest absolute Gasteiger partial charge is 0.277 e. The van der Waals surface area contributed by atoms with Crippen LogP contribution in [0.2, 0.25) is 10.0 Å². The van der Waals surface area contributed by atoms with Gasteiger partial charge in [0.2, 0.25) is 0 Å². The zero-order valence-corrected chi connectivity index (χ0v) is 11.0. The van der Waals surface area contributed by atoms with Crippen molar-refractivity contribution in [3.05, 3.63) is 45.8 Å². The summed E-state index contributed by atoms with van der Waals surface area (Å²) < 4.78 is 4.96. The number of benzene rings is 1. The Hall–Kier alpha value is -1.52. The molecule has 0 atom stereocenters. The molecule has 0 aliphatic rings. The molecule has 0 fully saturated rings. The molecule has 6 heteroatoms. The molecular formula is C12H10Cl2N2O2. The van der Waals surface area contributed by atoms with Gasteiger partial charge in [-0.3, -0.25) is 4.79 Å². The summed E-state index contributed by atoms with van der Waals surface area (Å²) in [5.74, 6) is 0.235. The molecule has 1 N–H and O–H groups in total. The fraction of sp³-hybridized carbons (Fsp3) is 0.167. The summed E-state index contributed by atoms with van der Waals surface area (Å²) in [6.07, 6.45) is 0.674. The first-order valence-electron chi connectivity index (χ1n) is 5.32. The van der Waals surface area contributed by atoms with Gasteiger partial charge in [-0.05, 0) is 12.1 Å². The van der Waals surface area contributed by atoms with Crippen LogP contribution in [0.5, 0.6) is 0 Å². The highest BCUT2D eigenvalue weighted by Crippen LogP contribution is 2.30. The monoisotopic (exact) mass is 284 g/mol. The maximum absolute atomic E-state index is 11.9. The van der Waals surface area contributed by atoms with E-state index in [1.54, 1.807) is 24.3 Å². The number of anilines is 1. The zero-order chi connectivity index (χ0) is 13.1. The topological polar surface area (TPSA) is 55.1 Å². The Balaban J connectivity index is 2.21. The lowest BCUT2D eigenvalue weighted by atomic mass is 10.3. The Morgan fingerprint density at radius 2 is 2.06 bits per heavy atom. The van der Waals surface area contributed by atoms with E-state index in [9.17, 15) is 4.79 Å². The van der Waals surface area contributed by atoms with Gasteiger partial charge in [0, 0.05) is 12.5 Å². The Kier molecular flexibility index (Phi) is 3.89. The van der Waals surface area contributed by atoms with Crippen LogP contribution in [-0.4, -0.2) is 11.1 Å². The van der Waals surface area contributed by atoms with Crippen molar-refractivity contribution >= 4 is 34.8 Å². The fourth-order valence-corrected chi connectivity index (χ4v) is 1.87. The Labute approximate surface area is 114 Å². The summed E-state index contributed by atoms with van der Waals surface area (Å²) in [5, 5.41) is 7.02. The first kappa shape index (κ1) is 12.9. The molecule has 0 bridgehead atoms. The number of halogens is 2. The lowest BCUT2D eigenvalue weighted by Crippen LogP contribution is -2.12. The molecular weight excluding hydrogens is 275 g/mol. The molecule has 4 nitrogen and oxygen atoms in total. The van der Waals surface area contributed by atoms with Gasteiger partial charge in [-0.2, -0.15) is 0 Å². The van der Waals surface area contributed by atoms with E-state index in [1.807, 2.05) is 6.92 Å². The molecule has 1 aromatic heterocycles. The van der Waals surface area contributed by atoms with Crippen molar-refractivity contribution in [3.8, 4) is 0 Å². The van der Waals surface area contributed by atoms with E-state index in [1.165, 1.54) is 0 Å². The minimum Gasteiger partial charge on any atom is -0.361 e. The zero-order valence-electron chi connectivity index (χ0n) is 9.54. The van der Waals surface area contributed by atoms with Gasteiger partial charge < -0.3 is 9.84 Å². The highest BCUT2D eigenvalue weighted by Gasteiger charge is 2.15. The number of hydrogen-bond acceptors (Lipinski definition) is 3. The first-order chi connectivity index (χ1) is 8.61. The van der Waals surface area contributed by atoms with E-state index in [4.69, 9.17) is 27.7 Å². The van der Waals surface area contributed by atoms with E-state index in [2.05, 4.69) is 10.5 Å². The molecule has 1 heterocycles. The molecule has 0 saturated heterocycles. The average Bonchev–Trinajstić information content (AvgIpc) is 2.82. The molecule has 18 heavy (non-hydrogen) atoms. The minimum atomic E-state index is -0.409. The third kappa shape index (κ3) is 2.66. The molecule has 1 amide bonds. The van der Waals surface area contributed by atoms with E-state index in [0.29, 0.717) is 27.9 Å². The number of carbonyl (C=O) groups excluding carboxylic acids is 1. The van der Waals surface area contributed by atoms with Gasteiger partial charge in [-0.15, -0.1) is 0 Å². The molecule has 94 valence electrons. The number of carbonyl (C=O) groups is 1. The molecule has 0 aliphatic carbocycles. The number of aromatic nitrogens is 1. The second kappa shape index (κ2) is 5.42. The maximum Gasteiger partial charge on any atom is 0.277 e. The number of hydrogen-bond donors (Lipinski definition) is 1. The van der Waals surface area contributed by atoms with E-state index < -0.39 is 5.91 Å². The van der Waals surface area contributed by atoms with Crippen LogP contribution in [0.3, 0.4) is 0 Å². The highest BCUT2D eigenvalue weighted by molar-refractivity contribution is 6.39. The van der Waals surface area contributed by atoms with Crippen LogP contribution in [-0.2, 0) is 6.42 Å². The molecule has 0 radical (unpaired) electrons. The minimum absolute atomic E-state index is 0.197. The third-order valence-corrected chi connectivity index (χ3v) is 2.97. The summed E-state index contributed by atoms with van der Waals surface area (Å²) in [4.78, 5) is 11.9. The van der Waals surface area contributed by atoms with Crippen molar-refractivity contribution in [2.75, 3.05) is 5.32 Å². The van der Waals surface area contributed by atoms with Crippen LogP contribution in [0.25, 0.3) is 0 Å². The number of nitrogens with one attached hydrogen (secondary N) is 1. The molecule has 0 unspecified atom stereocenters. The molecule has 0 saturated carbocycles. The van der Waals surface area contributed by atoms with Gasteiger partial charge in [0.25, 0.3) is 5.91 Å². The SMILES string of the molecule is CCc1cc(C(=O)Nc2c(Cl)cccc2Cl)no1. The largest absolute Gasteiger partial charge is 0.361 e. The number of aryl methyl sites for hydroxylation is 1. The van der Waals surface area contributed by atoms with Crippen molar-refractivity contribution < 1.29 is 9.32 Å². The van der Waals surface area contributed by atoms with E-state index >= 15 is 0 Å². The van der Waals surface area contributed by atoms with Gasteiger partial charge in [0.05, 0.1) is 15.7 Å². The predicted molar refractivity (Wildman–Crippen MR) is 70.3 cm³/mol. The third-order valence-electron chi connectivity index (χ3n) is 2.34. The Morgan fingerprint density at radius 3 is 2.61 bits per heavy atom. The summed E-state index contributed by atoms with van der Waals surface area (Å²) in [7, 11) is 0. The second-order valence-corrected chi connectivity index (χ2v) is 4.40. The molecule has 1 aromatic carbocycles. The van der Waals surface area contributed by atoms with Crippen LogP contribution in [0, 0.1) is 0 Å². The standard InChI is InChI=1S/C12H10Cl2N2O2/c1-2-7-6-10(16-18-7)12(17)15-11-8(13)4-3-5-9(11)14/h3-6H,2H2,1H3,(H,15,17). The molecule has 2 rings (SSSR count). The Bertz CT molecular complexity index is 561. The van der Waals surface area contributed by atoms with Crippen LogP contribution in [0.4, 0.5) is 5.69 Å². The van der Waals surface area contributed by atoms with Crippen LogP contribution >= 0.6 is 23.2 Å². The highest BCUT2D eigenvalue weighted by atomic mass is 35.5. The van der Waals surface area contributed by atoms with Crippen LogP contribution in [0.1, 0.15) is 23.2 Å². The van der Waals surface area contributed by atoms with Crippen molar-refractivity contribution in [1.29, 1.82) is 0 Å². The van der Waals surface area contributed by atoms with E-state index in [0.717, 1.165) is 0 Å². The quantitative estimate of drug-likeness (QED) is 0.933. The second-order valence-electron chi connectivity index (χ2n) is 3.58. The maximum atomic E-state index is 11.9. The number of rotatable bonds is 3. The summed E-state index contributed by atoms with van der Waals surface area (Å²) in [5.41, 5.74) is 0.565. The molecule has 0 spiro atoms. The lowest BCUT2D eigenvalue weighted by Gasteiger charge is -2.06. The number of nitrogens with zero attached hydrogens (tertiary/aromatic N) is 1. The van der Waals surface area contributed by atoms with E-state index in [-0.39, 0.29) is 5.69 Å². The Morgan fingerprint density at radius 1 is 1.39 bits per heavy atom. The van der Waals surface area contributed by atoms with Crippen molar-refractivity contribution in [2.45, 2.75) is 13.3 Å². The van der Waals surface area contributed by atoms with Crippen LogP contribution < -0.4 is 5.32 Å².